The minimum Gasteiger partial charge on any atom is -0.400 e. The van der Waals surface area contributed by atoms with Crippen molar-refractivity contribution in [2.45, 2.75) is 77.7 Å². The topological polar surface area (TPSA) is 213 Å². The number of nitro groups is 4. The Morgan fingerprint density at radius 1 is 0.261 bits per heavy atom. The smallest absolute Gasteiger partial charge is 0.194 e. The Morgan fingerprint density at radius 3 is 0.290 bits per heavy atom. The maximum atomic E-state index is 8.81. The minimum absolute atomic E-state index is 0. The molecule has 0 aromatic heterocycles. The summed E-state index contributed by atoms with van der Waals surface area (Å²) in [6.45, 7) is 19.8. The molecule has 4 atom stereocenters. The van der Waals surface area contributed by atoms with Gasteiger partial charge in [-0.25, -0.2) is 0 Å². The summed E-state index contributed by atoms with van der Waals surface area (Å²) in [5.41, 5.74) is 0. The van der Waals surface area contributed by atoms with Gasteiger partial charge in [0.2, 0.25) is 0 Å². The van der Waals surface area contributed by atoms with E-state index >= 15 is 0 Å². The molecule has 0 saturated heterocycles. The first-order valence-corrected chi connectivity index (χ1v) is 19.6. The van der Waals surface area contributed by atoms with Crippen LogP contribution in [0, 0.1) is 40.5 Å². The summed E-state index contributed by atoms with van der Waals surface area (Å²) >= 11 is 0. The van der Waals surface area contributed by atoms with E-state index in [1.807, 2.05) is 214 Å². The van der Waals surface area contributed by atoms with Gasteiger partial charge in [-0.15, -0.1) is 18.5 Å². The van der Waals surface area contributed by atoms with Crippen molar-refractivity contribution in [2.24, 2.45) is 0 Å². The zero-order valence-electron chi connectivity index (χ0n) is 41.6. The maximum Gasteiger partial charge on any atom is 0.194 e. The normalized spacial score (nSPS) is 4.93. The number of aliphatic hydroxyl groups is 2. The quantitative estimate of drug-likeness (QED) is 0.0965. The molecule has 4 aromatic carbocycles. The van der Waals surface area contributed by atoms with Crippen LogP contribution in [0.5, 0.6) is 0 Å². The first-order valence-electron chi connectivity index (χ1n) is 17.3. The zero-order chi connectivity index (χ0) is 47.3. The number of hydrogen-bond donors (Lipinski definition) is 2. The van der Waals surface area contributed by atoms with Gasteiger partial charge in [0.05, 0.1) is 0 Å². The van der Waals surface area contributed by atoms with Gasteiger partial charge in [-0.1, -0.05) is 237 Å². The van der Waals surface area contributed by atoms with Gasteiger partial charge in [-0.05, 0) is 0 Å². The second-order valence-corrected chi connectivity index (χ2v) is 6.38. The van der Waals surface area contributed by atoms with Crippen LogP contribution in [-0.2, 0) is 169 Å². The number of aliphatic hydroxyl groups excluding tert-OH is 2. The Balaban J connectivity index is -0.0000000131. The fraction of sp³-hybridized carbons (Fsp3) is 0.442. The molecule has 0 amide bonds. The molecule has 4 rings (SSSR count). The van der Waals surface area contributed by atoms with E-state index in [0.29, 0.717) is 0 Å². The Bertz CT molecular complexity index is 817. The molecule has 0 fully saturated rings. The van der Waals surface area contributed by atoms with Crippen molar-refractivity contribution in [3.8, 4) is 0 Å². The molecule has 0 aliphatic heterocycles. The molecule has 14 nitrogen and oxygen atoms in total. The van der Waals surface area contributed by atoms with Crippen LogP contribution in [0.3, 0.4) is 0 Å². The molecule has 4 aromatic rings. The van der Waals surface area contributed by atoms with Crippen molar-refractivity contribution in [3.05, 3.63) is 186 Å². The summed E-state index contributed by atoms with van der Waals surface area (Å²) in [4.78, 5) is 33.2. The second kappa shape index (κ2) is 232. The van der Waals surface area contributed by atoms with Crippen LogP contribution in [-0.4, -0.2) is 85.6 Å². The third-order valence-corrected chi connectivity index (χ3v) is 2.67. The molecule has 0 saturated carbocycles. The van der Waals surface area contributed by atoms with Crippen molar-refractivity contribution >= 4 is 38.3 Å². The van der Waals surface area contributed by atoms with E-state index in [4.69, 9.17) is 50.7 Å². The van der Waals surface area contributed by atoms with E-state index in [0.717, 1.165) is 42.4 Å². The first-order chi connectivity index (χ1) is 26.9. The summed E-state index contributed by atoms with van der Waals surface area (Å²) in [5.74, 6) is 0. The van der Waals surface area contributed by atoms with E-state index in [9.17, 15) is 0 Å². The van der Waals surface area contributed by atoms with E-state index in [2.05, 4.69) is 18.5 Å². The SMILES string of the molecule is C.C.C.CC.CC.CC.CC.CO.CO.CP.CP.C[N+](=O)[O-].C[N+](=O)[O-].C[N+](=O)[O-].C[N+](=O)[O-].P.P.[W].[W].[W].[W].[W].[W].[W].[W].c1ccccc1.c1ccccc1.c1ccccc1.c1ccccc1. The summed E-state index contributed by atoms with van der Waals surface area (Å²) in [5, 5.41) is 49.2. The molecule has 0 bridgehead atoms. The van der Waals surface area contributed by atoms with Gasteiger partial charge in [-0.2, -0.15) is 19.8 Å². The predicted molar refractivity (Wildman–Crippen MR) is 293 cm³/mol. The van der Waals surface area contributed by atoms with E-state index < -0.39 is 19.7 Å². The van der Waals surface area contributed by atoms with Crippen molar-refractivity contribution < 1.29 is 198 Å². The van der Waals surface area contributed by atoms with Gasteiger partial charge in [-0.3, -0.25) is 40.5 Å². The fourth-order valence-electron chi connectivity index (χ4n) is 1.54. The van der Waals surface area contributed by atoms with Gasteiger partial charge >= 0.3 is 0 Å². The van der Waals surface area contributed by atoms with Crippen LogP contribution < -0.4 is 0 Å². The Hall–Kier alpha value is 1.63. The molecule has 0 heterocycles. The predicted octanol–water partition coefficient (Wildman–Crippen LogP) is 12.6. The number of hydrogen-bond acceptors (Lipinski definition) is 10. The van der Waals surface area contributed by atoms with Crippen LogP contribution in [0.25, 0.3) is 0 Å². The molecule has 26 heteroatoms. The van der Waals surface area contributed by atoms with Crippen molar-refractivity contribution in [3.63, 3.8) is 0 Å². The fourth-order valence-corrected chi connectivity index (χ4v) is 1.54. The second-order valence-electron chi connectivity index (χ2n) is 6.38. The standard InChI is InChI=1S/4C6H6.4C2H6.4CH3NO2.2CH4O.2CH5P.3CH4.2H3P.8W/c4*1-2-4-6-5-3-1;4*1-2;4*1-2(3)4;4*1-2;;;;;;;;;;;;;/h4*1-6H;4*1-2H3;4*1H3;2*2H,1H3;2*2H2,1H3;3*1H4;2*1H3;;;;;;;;. The molecule has 0 aliphatic rings. The summed E-state index contributed by atoms with van der Waals surface area (Å²) in [7, 11) is 10.4. The van der Waals surface area contributed by atoms with Gasteiger partial charge in [0.25, 0.3) is 0 Å². The summed E-state index contributed by atoms with van der Waals surface area (Å²) in [6, 6.07) is 48.0. The van der Waals surface area contributed by atoms with Crippen LogP contribution in [0.4, 0.5) is 0 Å². The van der Waals surface area contributed by atoms with Crippen molar-refractivity contribution in [1.82, 2.24) is 0 Å². The van der Waals surface area contributed by atoms with Crippen molar-refractivity contribution in [2.75, 3.05) is 55.7 Å². The molecule has 0 spiro atoms. The largest absolute Gasteiger partial charge is 0.400 e. The molecular formula is C43H96N4O10P4W8. The van der Waals surface area contributed by atoms with Crippen LogP contribution >= 0.6 is 38.3 Å². The van der Waals surface area contributed by atoms with Crippen LogP contribution in [0.1, 0.15) is 77.7 Å². The van der Waals surface area contributed by atoms with Crippen molar-refractivity contribution in [1.29, 1.82) is 0 Å². The minimum atomic E-state index is -0.500. The average molecular weight is 2420 g/mol. The Kier molecular flexibility index (Phi) is 552. The third kappa shape index (κ3) is 485. The van der Waals surface area contributed by atoms with Gasteiger partial charge < -0.3 is 10.2 Å². The summed E-state index contributed by atoms with van der Waals surface area (Å²) < 4.78 is 0. The van der Waals surface area contributed by atoms with Crippen LogP contribution in [0.2, 0.25) is 0 Å². The Morgan fingerprint density at radius 2 is 0.275 bits per heavy atom. The third-order valence-electron chi connectivity index (χ3n) is 2.67. The van der Waals surface area contributed by atoms with Gasteiger partial charge in [0.15, 0.2) is 28.2 Å². The van der Waals surface area contributed by atoms with Gasteiger partial charge in [0.1, 0.15) is 0 Å². The number of rotatable bonds is 0. The molecular weight excluding hydrogens is 2330 g/mol. The molecule has 69 heavy (non-hydrogen) atoms. The summed E-state index contributed by atoms with van der Waals surface area (Å²) in [6.07, 6.45) is 0. The van der Waals surface area contributed by atoms with E-state index in [1.165, 1.54) is 0 Å². The maximum absolute atomic E-state index is 8.81. The van der Waals surface area contributed by atoms with E-state index in [-0.39, 0.29) is 211 Å². The molecule has 416 valence electrons. The Labute approximate surface area is 549 Å². The number of benzene rings is 4. The molecule has 0 aliphatic carbocycles. The molecule has 0 radical (unpaired) electrons. The number of nitrogens with zero attached hydrogens (tertiary/aromatic N) is 4. The van der Waals surface area contributed by atoms with Gasteiger partial charge in [0, 0.05) is 202 Å². The zero-order valence-corrected chi connectivity index (χ0v) is 70.2. The van der Waals surface area contributed by atoms with E-state index in [1.54, 1.807) is 0 Å². The molecule has 4 unspecified atom stereocenters. The molecule has 2 N–H and O–H groups in total. The first kappa shape index (κ1) is 164. The monoisotopic (exact) mass is 2420 g/mol. The van der Waals surface area contributed by atoms with Crippen LogP contribution in [0.15, 0.2) is 146 Å². The average Bonchev–Trinajstić information content (AvgIpc) is 3.26.